The van der Waals surface area contributed by atoms with Gasteiger partial charge in [-0.1, -0.05) is 36.9 Å². The number of hydrogen-bond acceptors (Lipinski definition) is 3. The molecule has 102 valence electrons. The van der Waals surface area contributed by atoms with Crippen LogP contribution in [-0.4, -0.2) is 11.5 Å². The lowest BCUT2D eigenvalue weighted by Gasteiger charge is -2.08. The molecule has 20 heavy (non-hydrogen) atoms. The van der Waals surface area contributed by atoms with E-state index in [9.17, 15) is 10.1 Å². The van der Waals surface area contributed by atoms with Crippen LogP contribution in [0.5, 0.6) is 0 Å². The van der Waals surface area contributed by atoms with Gasteiger partial charge in [0.05, 0.1) is 4.92 Å². The highest BCUT2D eigenvalue weighted by Crippen LogP contribution is 2.17. The maximum absolute atomic E-state index is 10.6. The number of nitro benzene ring substituents is 1. The van der Waals surface area contributed by atoms with Crippen LogP contribution in [-0.2, 0) is 6.54 Å². The zero-order valence-electron chi connectivity index (χ0n) is 11.1. The van der Waals surface area contributed by atoms with Gasteiger partial charge in [0.2, 0.25) is 0 Å². The Hall–Kier alpha value is -2.46. The maximum Gasteiger partial charge on any atom is 0.269 e. The van der Waals surface area contributed by atoms with Crippen molar-refractivity contribution in [1.29, 1.82) is 0 Å². The van der Waals surface area contributed by atoms with Gasteiger partial charge in [0, 0.05) is 25.2 Å². The first-order valence-corrected chi connectivity index (χ1v) is 6.34. The van der Waals surface area contributed by atoms with Crippen molar-refractivity contribution < 1.29 is 4.92 Å². The standard InChI is InChI=1S/C16H16N2O2/c1-13(11-17-12-14-5-3-2-4-6-14)15-7-9-16(10-8-15)18(19)20/h2-10,17H,1,11-12H2. The van der Waals surface area contributed by atoms with Gasteiger partial charge in [-0.05, 0) is 28.8 Å². The molecule has 0 radical (unpaired) electrons. The van der Waals surface area contributed by atoms with Gasteiger partial charge in [-0.15, -0.1) is 0 Å². The summed E-state index contributed by atoms with van der Waals surface area (Å²) in [4.78, 5) is 10.2. The lowest BCUT2D eigenvalue weighted by atomic mass is 10.1. The van der Waals surface area contributed by atoms with Gasteiger partial charge in [-0.2, -0.15) is 0 Å². The lowest BCUT2D eigenvalue weighted by molar-refractivity contribution is -0.384. The minimum Gasteiger partial charge on any atom is -0.309 e. The van der Waals surface area contributed by atoms with Crippen LogP contribution in [0.15, 0.2) is 61.2 Å². The van der Waals surface area contributed by atoms with Gasteiger partial charge in [0.15, 0.2) is 0 Å². The molecule has 0 aliphatic rings. The summed E-state index contributed by atoms with van der Waals surface area (Å²) in [6, 6.07) is 16.6. The summed E-state index contributed by atoms with van der Waals surface area (Å²) in [6.45, 7) is 5.41. The third-order valence-electron chi connectivity index (χ3n) is 3.00. The predicted octanol–water partition coefficient (Wildman–Crippen LogP) is 3.40. The summed E-state index contributed by atoms with van der Waals surface area (Å²) in [5, 5.41) is 13.9. The number of nitrogens with zero attached hydrogens (tertiary/aromatic N) is 1. The van der Waals surface area contributed by atoms with Gasteiger partial charge >= 0.3 is 0 Å². The Kier molecular flexibility index (Phi) is 4.63. The molecule has 0 fully saturated rings. The van der Waals surface area contributed by atoms with Gasteiger partial charge in [-0.3, -0.25) is 10.1 Å². The van der Waals surface area contributed by atoms with E-state index in [0.29, 0.717) is 6.54 Å². The van der Waals surface area contributed by atoms with Crippen molar-refractivity contribution >= 4 is 11.3 Å². The molecule has 0 aliphatic carbocycles. The Morgan fingerprint density at radius 1 is 1.10 bits per heavy atom. The molecule has 2 aromatic rings. The fourth-order valence-corrected chi connectivity index (χ4v) is 1.87. The van der Waals surface area contributed by atoms with E-state index in [1.54, 1.807) is 12.1 Å². The highest BCUT2D eigenvalue weighted by Gasteiger charge is 2.05. The Morgan fingerprint density at radius 2 is 1.75 bits per heavy atom. The van der Waals surface area contributed by atoms with Crippen molar-refractivity contribution in [3.05, 3.63) is 82.4 Å². The normalized spacial score (nSPS) is 10.2. The van der Waals surface area contributed by atoms with Crippen molar-refractivity contribution in [3.63, 3.8) is 0 Å². The zero-order chi connectivity index (χ0) is 14.4. The Bertz CT molecular complexity index is 592. The van der Waals surface area contributed by atoms with Crippen LogP contribution < -0.4 is 5.32 Å². The molecule has 0 spiro atoms. The van der Waals surface area contributed by atoms with Crippen molar-refractivity contribution in [1.82, 2.24) is 5.32 Å². The van der Waals surface area contributed by atoms with Crippen LogP contribution in [0.4, 0.5) is 5.69 Å². The average Bonchev–Trinajstić information content (AvgIpc) is 2.48. The third kappa shape index (κ3) is 3.76. The molecular weight excluding hydrogens is 252 g/mol. The molecule has 0 saturated carbocycles. The highest BCUT2D eigenvalue weighted by molar-refractivity contribution is 5.65. The minimum atomic E-state index is -0.403. The van der Waals surface area contributed by atoms with Crippen LogP contribution in [0.1, 0.15) is 11.1 Å². The smallest absolute Gasteiger partial charge is 0.269 e. The van der Waals surface area contributed by atoms with Crippen molar-refractivity contribution in [3.8, 4) is 0 Å². The van der Waals surface area contributed by atoms with Crippen LogP contribution in [0.25, 0.3) is 5.57 Å². The zero-order valence-corrected chi connectivity index (χ0v) is 11.1. The summed E-state index contributed by atoms with van der Waals surface area (Å²) in [5.41, 5.74) is 3.13. The van der Waals surface area contributed by atoms with E-state index < -0.39 is 4.92 Å². The number of rotatable bonds is 6. The van der Waals surface area contributed by atoms with Crippen molar-refractivity contribution in [2.45, 2.75) is 6.54 Å². The van der Waals surface area contributed by atoms with Crippen molar-refractivity contribution in [2.24, 2.45) is 0 Å². The minimum absolute atomic E-state index is 0.0961. The molecule has 2 aromatic carbocycles. The second-order valence-electron chi connectivity index (χ2n) is 4.50. The molecule has 0 unspecified atom stereocenters. The molecule has 0 aromatic heterocycles. The highest BCUT2D eigenvalue weighted by atomic mass is 16.6. The largest absolute Gasteiger partial charge is 0.309 e. The summed E-state index contributed by atoms with van der Waals surface area (Å²) in [5.74, 6) is 0. The number of hydrogen-bond donors (Lipinski definition) is 1. The fourth-order valence-electron chi connectivity index (χ4n) is 1.87. The molecule has 0 heterocycles. The molecule has 4 nitrogen and oxygen atoms in total. The second-order valence-corrected chi connectivity index (χ2v) is 4.50. The van der Waals surface area contributed by atoms with Gasteiger partial charge < -0.3 is 5.32 Å². The molecule has 2 rings (SSSR count). The first-order chi connectivity index (χ1) is 9.66. The summed E-state index contributed by atoms with van der Waals surface area (Å²) in [6.07, 6.45) is 0. The SMILES string of the molecule is C=C(CNCc1ccccc1)c1ccc([N+](=O)[O-])cc1. The summed E-state index contributed by atoms with van der Waals surface area (Å²) in [7, 11) is 0. The molecular formula is C16H16N2O2. The molecule has 0 aliphatic heterocycles. The van der Waals surface area contributed by atoms with E-state index in [2.05, 4.69) is 24.0 Å². The van der Waals surface area contributed by atoms with Crippen LogP contribution >= 0.6 is 0 Å². The number of nitrogens with one attached hydrogen (secondary N) is 1. The lowest BCUT2D eigenvalue weighted by Crippen LogP contribution is -2.15. The maximum atomic E-state index is 10.6. The first-order valence-electron chi connectivity index (χ1n) is 6.34. The van der Waals surface area contributed by atoms with Gasteiger partial charge in [0.1, 0.15) is 0 Å². The average molecular weight is 268 g/mol. The molecule has 1 N–H and O–H groups in total. The van der Waals surface area contributed by atoms with E-state index in [-0.39, 0.29) is 5.69 Å². The van der Waals surface area contributed by atoms with E-state index in [0.717, 1.165) is 17.7 Å². The first kappa shape index (κ1) is 14.0. The Morgan fingerprint density at radius 3 is 2.35 bits per heavy atom. The molecule has 0 bridgehead atoms. The van der Waals surface area contributed by atoms with Gasteiger partial charge in [0.25, 0.3) is 5.69 Å². The number of nitro groups is 1. The van der Waals surface area contributed by atoms with E-state index in [1.165, 1.54) is 17.7 Å². The monoisotopic (exact) mass is 268 g/mol. The topological polar surface area (TPSA) is 55.2 Å². The number of benzene rings is 2. The Labute approximate surface area is 117 Å². The second kappa shape index (κ2) is 6.63. The van der Waals surface area contributed by atoms with Crippen LogP contribution in [0.3, 0.4) is 0 Å². The molecule has 0 saturated heterocycles. The van der Waals surface area contributed by atoms with Gasteiger partial charge in [-0.25, -0.2) is 0 Å². The van der Waals surface area contributed by atoms with Crippen LogP contribution in [0.2, 0.25) is 0 Å². The van der Waals surface area contributed by atoms with Crippen LogP contribution in [0, 0.1) is 10.1 Å². The fraction of sp³-hybridized carbons (Fsp3) is 0.125. The van der Waals surface area contributed by atoms with E-state index >= 15 is 0 Å². The summed E-state index contributed by atoms with van der Waals surface area (Å²) >= 11 is 0. The van der Waals surface area contributed by atoms with E-state index in [1.807, 2.05) is 18.2 Å². The third-order valence-corrected chi connectivity index (χ3v) is 3.00. The predicted molar refractivity (Wildman–Crippen MR) is 80.3 cm³/mol. The quantitative estimate of drug-likeness (QED) is 0.645. The number of non-ortho nitro benzene ring substituents is 1. The van der Waals surface area contributed by atoms with Crippen molar-refractivity contribution in [2.75, 3.05) is 6.54 Å². The molecule has 0 atom stereocenters. The summed E-state index contributed by atoms with van der Waals surface area (Å²) < 4.78 is 0. The molecule has 4 heteroatoms. The Balaban J connectivity index is 1.87. The van der Waals surface area contributed by atoms with E-state index in [4.69, 9.17) is 0 Å². The molecule has 0 amide bonds.